The average molecular weight is 308 g/mol. The Balaban J connectivity index is 1.91. The van der Waals surface area contributed by atoms with Gasteiger partial charge in [-0.2, -0.15) is 5.10 Å². The lowest BCUT2D eigenvalue weighted by Crippen LogP contribution is -2.08. The standard InChI is InChI=1S/C13H14BrN3O/c1-15-8-12-6-7-13(17-16-12)18-9-10-2-4-11(14)5-3-10/h2-7,15H,8-9H2,1H3. The molecule has 0 saturated heterocycles. The number of nitrogens with one attached hydrogen (secondary N) is 1. The number of hydrogen-bond acceptors (Lipinski definition) is 4. The van der Waals surface area contributed by atoms with Gasteiger partial charge >= 0.3 is 0 Å². The first kappa shape index (κ1) is 13.0. The van der Waals surface area contributed by atoms with E-state index in [4.69, 9.17) is 4.74 Å². The van der Waals surface area contributed by atoms with Gasteiger partial charge in [0.05, 0.1) is 5.69 Å². The van der Waals surface area contributed by atoms with E-state index in [1.807, 2.05) is 43.4 Å². The van der Waals surface area contributed by atoms with Gasteiger partial charge in [-0.15, -0.1) is 5.10 Å². The topological polar surface area (TPSA) is 47.0 Å². The van der Waals surface area contributed by atoms with E-state index in [0.717, 1.165) is 15.7 Å². The van der Waals surface area contributed by atoms with E-state index in [1.54, 1.807) is 0 Å². The predicted molar refractivity (Wildman–Crippen MR) is 73.3 cm³/mol. The lowest BCUT2D eigenvalue weighted by atomic mass is 10.2. The van der Waals surface area contributed by atoms with Gasteiger partial charge < -0.3 is 10.1 Å². The third-order valence-electron chi connectivity index (χ3n) is 2.35. The van der Waals surface area contributed by atoms with E-state index in [-0.39, 0.29) is 0 Å². The molecule has 94 valence electrons. The second-order valence-electron chi connectivity index (χ2n) is 3.81. The quantitative estimate of drug-likeness (QED) is 0.922. The Hall–Kier alpha value is -1.46. The maximum absolute atomic E-state index is 5.56. The highest BCUT2D eigenvalue weighted by Crippen LogP contribution is 2.12. The Morgan fingerprint density at radius 1 is 1.11 bits per heavy atom. The van der Waals surface area contributed by atoms with Gasteiger partial charge in [-0.25, -0.2) is 0 Å². The summed E-state index contributed by atoms with van der Waals surface area (Å²) in [5.74, 6) is 0.540. The van der Waals surface area contributed by atoms with Crippen molar-refractivity contribution in [1.82, 2.24) is 15.5 Å². The number of ether oxygens (including phenoxy) is 1. The van der Waals surface area contributed by atoms with Gasteiger partial charge in [0.1, 0.15) is 6.61 Å². The van der Waals surface area contributed by atoms with E-state index in [2.05, 4.69) is 31.4 Å². The second kappa shape index (κ2) is 6.47. The monoisotopic (exact) mass is 307 g/mol. The maximum Gasteiger partial charge on any atom is 0.233 e. The molecule has 0 aliphatic rings. The van der Waals surface area contributed by atoms with Crippen LogP contribution in [0.1, 0.15) is 11.3 Å². The Kier molecular flexibility index (Phi) is 4.66. The van der Waals surface area contributed by atoms with Crippen LogP contribution in [0, 0.1) is 0 Å². The molecule has 0 fully saturated rings. The van der Waals surface area contributed by atoms with Crippen molar-refractivity contribution in [3.05, 3.63) is 52.1 Å². The van der Waals surface area contributed by atoms with Gasteiger partial charge in [0.2, 0.25) is 5.88 Å². The van der Waals surface area contributed by atoms with Gasteiger partial charge in [0.15, 0.2) is 0 Å². The van der Waals surface area contributed by atoms with Crippen LogP contribution in [-0.2, 0) is 13.2 Å². The number of halogens is 1. The van der Waals surface area contributed by atoms with Crippen molar-refractivity contribution in [2.24, 2.45) is 0 Å². The number of aromatic nitrogens is 2. The smallest absolute Gasteiger partial charge is 0.233 e. The third kappa shape index (κ3) is 3.78. The van der Waals surface area contributed by atoms with Crippen molar-refractivity contribution in [3.63, 3.8) is 0 Å². The molecule has 0 aliphatic carbocycles. The molecule has 0 aliphatic heterocycles. The highest BCUT2D eigenvalue weighted by atomic mass is 79.9. The maximum atomic E-state index is 5.56. The summed E-state index contributed by atoms with van der Waals surface area (Å²) in [6, 6.07) is 11.7. The average Bonchev–Trinajstić information content (AvgIpc) is 2.40. The zero-order chi connectivity index (χ0) is 12.8. The number of rotatable bonds is 5. The minimum atomic E-state index is 0.493. The van der Waals surface area contributed by atoms with Crippen molar-refractivity contribution in [1.29, 1.82) is 0 Å². The summed E-state index contributed by atoms with van der Waals surface area (Å²) in [7, 11) is 1.87. The first-order valence-corrected chi connectivity index (χ1v) is 6.41. The summed E-state index contributed by atoms with van der Waals surface area (Å²) in [5, 5.41) is 11.1. The van der Waals surface area contributed by atoms with Gasteiger partial charge in [-0.05, 0) is 30.8 Å². The Bertz CT molecular complexity index is 485. The predicted octanol–water partition coefficient (Wildman–Crippen LogP) is 2.54. The van der Waals surface area contributed by atoms with E-state index >= 15 is 0 Å². The molecule has 18 heavy (non-hydrogen) atoms. The van der Waals surface area contributed by atoms with Crippen LogP contribution in [0.3, 0.4) is 0 Å². The summed E-state index contributed by atoms with van der Waals surface area (Å²) in [6.45, 7) is 1.20. The summed E-state index contributed by atoms with van der Waals surface area (Å²) in [4.78, 5) is 0. The molecule has 5 heteroatoms. The summed E-state index contributed by atoms with van der Waals surface area (Å²) in [6.07, 6.45) is 0. The third-order valence-corrected chi connectivity index (χ3v) is 2.88. The lowest BCUT2D eigenvalue weighted by Gasteiger charge is -2.05. The van der Waals surface area contributed by atoms with Gasteiger partial charge in [-0.3, -0.25) is 0 Å². The molecule has 0 unspecified atom stereocenters. The number of hydrogen-bond donors (Lipinski definition) is 1. The number of benzene rings is 1. The highest BCUT2D eigenvalue weighted by Gasteiger charge is 1.99. The van der Waals surface area contributed by atoms with Crippen LogP contribution < -0.4 is 10.1 Å². The van der Waals surface area contributed by atoms with Crippen LogP contribution in [0.25, 0.3) is 0 Å². The first-order chi connectivity index (χ1) is 8.78. The highest BCUT2D eigenvalue weighted by molar-refractivity contribution is 9.10. The van der Waals surface area contributed by atoms with Crippen LogP contribution in [-0.4, -0.2) is 17.2 Å². The van der Waals surface area contributed by atoms with Crippen molar-refractivity contribution < 1.29 is 4.74 Å². The fourth-order valence-electron chi connectivity index (χ4n) is 1.44. The van der Waals surface area contributed by atoms with Crippen molar-refractivity contribution in [3.8, 4) is 5.88 Å². The molecule has 0 saturated carbocycles. The van der Waals surface area contributed by atoms with E-state index in [0.29, 0.717) is 19.0 Å². The molecule has 0 radical (unpaired) electrons. The molecular weight excluding hydrogens is 294 g/mol. The molecular formula is C13H14BrN3O. The van der Waals surface area contributed by atoms with Crippen LogP contribution in [0.2, 0.25) is 0 Å². The molecule has 4 nitrogen and oxygen atoms in total. The molecule has 0 bridgehead atoms. The zero-order valence-corrected chi connectivity index (χ0v) is 11.6. The van der Waals surface area contributed by atoms with Crippen molar-refractivity contribution >= 4 is 15.9 Å². The van der Waals surface area contributed by atoms with Crippen LogP contribution in [0.5, 0.6) is 5.88 Å². The molecule has 1 aromatic carbocycles. The van der Waals surface area contributed by atoms with Crippen LogP contribution in [0.4, 0.5) is 0 Å². The molecule has 0 amide bonds. The first-order valence-electron chi connectivity index (χ1n) is 5.62. The normalized spacial score (nSPS) is 10.3. The molecule has 1 N–H and O–H groups in total. The molecule has 2 rings (SSSR count). The van der Waals surface area contributed by atoms with Crippen LogP contribution >= 0.6 is 15.9 Å². The summed E-state index contributed by atoms with van der Waals surface area (Å²) < 4.78 is 6.61. The summed E-state index contributed by atoms with van der Waals surface area (Å²) in [5.41, 5.74) is 1.99. The van der Waals surface area contributed by atoms with Crippen molar-refractivity contribution in [2.75, 3.05) is 7.05 Å². The fourth-order valence-corrected chi connectivity index (χ4v) is 1.70. The lowest BCUT2D eigenvalue weighted by molar-refractivity contribution is 0.289. The molecule has 0 atom stereocenters. The van der Waals surface area contributed by atoms with Gasteiger partial charge in [-0.1, -0.05) is 28.1 Å². The molecule has 2 aromatic rings. The van der Waals surface area contributed by atoms with E-state index in [1.165, 1.54) is 0 Å². The Morgan fingerprint density at radius 3 is 2.50 bits per heavy atom. The fraction of sp³-hybridized carbons (Fsp3) is 0.231. The van der Waals surface area contributed by atoms with E-state index < -0.39 is 0 Å². The van der Waals surface area contributed by atoms with Crippen LogP contribution in [0.15, 0.2) is 40.9 Å². The zero-order valence-electron chi connectivity index (χ0n) is 10.1. The summed E-state index contributed by atoms with van der Waals surface area (Å²) >= 11 is 3.40. The van der Waals surface area contributed by atoms with E-state index in [9.17, 15) is 0 Å². The molecule has 0 spiro atoms. The Morgan fingerprint density at radius 2 is 1.89 bits per heavy atom. The minimum Gasteiger partial charge on any atom is -0.472 e. The second-order valence-corrected chi connectivity index (χ2v) is 4.72. The van der Waals surface area contributed by atoms with Gasteiger partial charge in [0, 0.05) is 17.1 Å². The molecule has 1 heterocycles. The number of nitrogens with zero attached hydrogens (tertiary/aromatic N) is 2. The van der Waals surface area contributed by atoms with Crippen molar-refractivity contribution in [2.45, 2.75) is 13.2 Å². The molecule has 1 aromatic heterocycles. The Labute approximate surface area is 115 Å². The minimum absolute atomic E-state index is 0.493. The van der Waals surface area contributed by atoms with Gasteiger partial charge in [0.25, 0.3) is 0 Å². The SMILES string of the molecule is CNCc1ccc(OCc2ccc(Br)cc2)nn1. The largest absolute Gasteiger partial charge is 0.472 e.